The molecule has 1 heterocycles. The first-order chi connectivity index (χ1) is 20.2. The summed E-state index contributed by atoms with van der Waals surface area (Å²) in [6, 6.07) is 0. The van der Waals surface area contributed by atoms with Gasteiger partial charge in [-0.1, -0.05) is 203 Å². The maximum Gasteiger partial charge on any atom is 0.175 e. The van der Waals surface area contributed by atoms with E-state index in [1.54, 1.807) is 34.9 Å². The van der Waals surface area contributed by atoms with Crippen LogP contribution in [0.5, 0.6) is 0 Å². The van der Waals surface area contributed by atoms with Crippen molar-refractivity contribution < 1.29 is 10.2 Å². The van der Waals surface area contributed by atoms with E-state index in [-0.39, 0.29) is 12.2 Å². The first kappa shape index (κ1) is 39.2. The lowest BCUT2D eigenvalue weighted by Gasteiger charge is -2.09. The quantitative estimate of drug-likeness (QED) is 0.0610. The summed E-state index contributed by atoms with van der Waals surface area (Å²) in [7, 11) is 0. The number of aromatic nitrogens is 2. The fraction of sp³-hybridized carbons (Fsp3) is 0.941. The number of thioether (sulfide) groups is 2. The SMILES string of the molecule is CCCCCCCCCCCCCCC(O)CSc1nnc(SCC(O)CCCCCCCCCCCCCC)s1. The van der Waals surface area contributed by atoms with Crippen LogP contribution in [0.1, 0.15) is 181 Å². The van der Waals surface area contributed by atoms with Crippen LogP contribution in [-0.2, 0) is 0 Å². The average Bonchev–Trinajstić information content (AvgIpc) is 3.44. The van der Waals surface area contributed by atoms with Crippen molar-refractivity contribution in [2.75, 3.05) is 11.5 Å². The molecule has 0 saturated heterocycles. The normalized spacial score (nSPS) is 13.2. The third-order valence-electron chi connectivity index (χ3n) is 7.97. The van der Waals surface area contributed by atoms with Gasteiger partial charge in [0.15, 0.2) is 8.68 Å². The van der Waals surface area contributed by atoms with Gasteiger partial charge in [-0.2, -0.15) is 0 Å². The van der Waals surface area contributed by atoms with E-state index in [0.29, 0.717) is 11.5 Å². The molecule has 0 aromatic carbocycles. The molecule has 2 atom stereocenters. The summed E-state index contributed by atoms with van der Waals surface area (Å²) >= 11 is 4.83. The smallest absolute Gasteiger partial charge is 0.175 e. The summed E-state index contributed by atoms with van der Waals surface area (Å²) in [5, 5.41) is 29.3. The molecular weight excluding hydrogens is 565 g/mol. The van der Waals surface area contributed by atoms with Crippen LogP contribution < -0.4 is 0 Å². The van der Waals surface area contributed by atoms with Crippen LogP contribution in [-0.4, -0.2) is 44.1 Å². The average molecular weight is 631 g/mol. The molecule has 1 aromatic rings. The number of unbranched alkanes of at least 4 members (excludes halogenated alkanes) is 22. The molecule has 41 heavy (non-hydrogen) atoms. The van der Waals surface area contributed by atoms with Crippen LogP contribution in [0.2, 0.25) is 0 Å². The Kier molecular flexibility index (Phi) is 28.9. The first-order valence-electron chi connectivity index (χ1n) is 17.6. The highest BCUT2D eigenvalue weighted by atomic mass is 32.2. The minimum absolute atomic E-state index is 0.263. The van der Waals surface area contributed by atoms with Crippen LogP contribution in [0.25, 0.3) is 0 Å². The van der Waals surface area contributed by atoms with E-state index in [1.807, 2.05) is 0 Å². The maximum absolute atomic E-state index is 10.4. The maximum atomic E-state index is 10.4. The van der Waals surface area contributed by atoms with Crippen molar-refractivity contribution in [3.8, 4) is 0 Å². The molecule has 0 aliphatic carbocycles. The van der Waals surface area contributed by atoms with Gasteiger partial charge in [-0.05, 0) is 12.8 Å². The Bertz CT molecular complexity index is 609. The Morgan fingerprint density at radius 3 is 1.02 bits per heavy atom. The molecule has 0 amide bonds. The summed E-state index contributed by atoms with van der Waals surface area (Å²) in [5.74, 6) is 1.39. The van der Waals surface area contributed by atoms with Crippen LogP contribution in [0.4, 0.5) is 0 Å². The molecular formula is C34H66N2O2S3. The summed E-state index contributed by atoms with van der Waals surface area (Å²) in [5.41, 5.74) is 0. The van der Waals surface area contributed by atoms with Gasteiger partial charge in [-0.25, -0.2) is 0 Å². The van der Waals surface area contributed by atoms with E-state index in [2.05, 4.69) is 24.0 Å². The van der Waals surface area contributed by atoms with Gasteiger partial charge in [0, 0.05) is 11.5 Å². The van der Waals surface area contributed by atoms with E-state index in [0.717, 1.165) is 34.4 Å². The van der Waals surface area contributed by atoms with Crippen molar-refractivity contribution >= 4 is 34.9 Å². The molecule has 1 aromatic heterocycles. The number of nitrogens with zero attached hydrogens (tertiary/aromatic N) is 2. The Labute approximate surface area is 267 Å². The van der Waals surface area contributed by atoms with Crippen molar-refractivity contribution in [1.82, 2.24) is 10.2 Å². The van der Waals surface area contributed by atoms with Crippen molar-refractivity contribution in [1.29, 1.82) is 0 Å². The standard InChI is InChI=1S/C34H66N2O2S3/c1-3-5-7-9-11-13-15-17-19-21-23-25-27-31(37)29-39-33-35-36-34(41-33)40-30-32(38)28-26-24-22-20-18-16-14-12-10-8-6-4-2/h31-32,37-38H,3-30H2,1-2H3. The lowest BCUT2D eigenvalue weighted by molar-refractivity contribution is 0.184. The molecule has 1 rings (SSSR count). The third-order valence-corrected chi connectivity index (χ3v) is 11.4. The monoisotopic (exact) mass is 630 g/mol. The highest BCUT2D eigenvalue weighted by molar-refractivity contribution is 8.03. The lowest BCUT2D eigenvalue weighted by Crippen LogP contribution is -2.09. The number of hydrogen-bond acceptors (Lipinski definition) is 7. The van der Waals surface area contributed by atoms with E-state index in [4.69, 9.17) is 0 Å². The number of aliphatic hydroxyl groups is 2. The van der Waals surface area contributed by atoms with Crippen LogP contribution in [0.15, 0.2) is 8.68 Å². The van der Waals surface area contributed by atoms with Gasteiger partial charge in [0.05, 0.1) is 12.2 Å². The molecule has 0 aliphatic heterocycles. The molecule has 4 nitrogen and oxygen atoms in total. The number of hydrogen-bond donors (Lipinski definition) is 2. The predicted octanol–water partition coefficient (Wildman–Crippen LogP) is 11.6. The van der Waals surface area contributed by atoms with Gasteiger partial charge in [-0.3, -0.25) is 0 Å². The highest BCUT2D eigenvalue weighted by Crippen LogP contribution is 2.30. The van der Waals surface area contributed by atoms with Gasteiger partial charge in [0.25, 0.3) is 0 Å². The number of rotatable bonds is 32. The summed E-state index contributed by atoms with van der Waals surface area (Å²) in [4.78, 5) is 0. The molecule has 0 spiro atoms. The third kappa shape index (κ3) is 26.3. The minimum Gasteiger partial charge on any atom is -0.392 e. The van der Waals surface area contributed by atoms with Crippen molar-refractivity contribution in [2.24, 2.45) is 0 Å². The highest BCUT2D eigenvalue weighted by Gasteiger charge is 2.12. The predicted molar refractivity (Wildman–Crippen MR) is 185 cm³/mol. The summed E-state index contributed by atoms with van der Waals surface area (Å²) in [6.07, 6.45) is 33.6. The van der Waals surface area contributed by atoms with Crippen molar-refractivity contribution in [2.45, 2.75) is 202 Å². The Balaban J connectivity index is 1.92. The van der Waals surface area contributed by atoms with E-state index in [9.17, 15) is 10.2 Å². The van der Waals surface area contributed by atoms with Crippen molar-refractivity contribution in [3.05, 3.63) is 0 Å². The first-order valence-corrected chi connectivity index (χ1v) is 20.4. The van der Waals surface area contributed by atoms with E-state index < -0.39 is 0 Å². The Hall–Kier alpha value is 0.180. The molecule has 0 fully saturated rings. The van der Waals surface area contributed by atoms with Gasteiger partial charge in [0.1, 0.15) is 0 Å². The summed E-state index contributed by atoms with van der Waals surface area (Å²) < 4.78 is 1.85. The second kappa shape index (κ2) is 30.2. The zero-order valence-electron chi connectivity index (χ0n) is 27.0. The van der Waals surface area contributed by atoms with Gasteiger partial charge in [0.2, 0.25) is 0 Å². The zero-order chi connectivity index (χ0) is 29.6. The molecule has 0 bridgehead atoms. The molecule has 2 N–H and O–H groups in total. The van der Waals surface area contributed by atoms with E-state index in [1.165, 1.54) is 141 Å². The number of aliphatic hydroxyl groups excluding tert-OH is 2. The fourth-order valence-electron chi connectivity index (χ4n) is 5.26. The van der Waals surface area contributed by atoms with Gasteiger partial charge >= 0.3 is 0 Å². The Morgan fingerprint density at radius 2 is 0.732 bits per heavy atom. The zero-order valence-corrected chi connectivity index (χ0v) is 29.4. The van der Waals surface area contributed by atoms with Crippen LogP contribution in [0, 0.1) is 0 Å². The Morgan fingerprint density at radius 1 is 0.463 bits per heavy atom. The molecule has 242 valence electrons. The summed E-state index contributed by atoms with van der Waals surface area (Å²) in [6.45, 7) is 4.56. The molecule has 7 heteroatoms. The second-order valence-corrected chi connectivity index (χ2v) is 15.6. The lowest BCUT2D eigenvalue weighted by atomic mass is 10.0. The molecule has 0 saturated carbocycles. The van der Waals surface area contributed by atoms with Crippen LogP contribution >= 0.6 is 34.9 Å². The topological polar surface area (TPSA) is 66.2 Å². The second-order valence-electron chi connectivity index (χ2n) is 12.1. The molecule has 0 radical (unpaired) electrons. The van der Waals surface area contributed by atoms with Crippen molar-refractivity contribution in [3.63, 3.8) is 0 Å². The minimum atomic E-state index is -0.263. The molecule has 2 unspecified atom stereocenters. The molecule has 0 aliphatic rings. The van der Waals surface area contributed by atoms with E-state index >= 15 is 0 Å². The largest absolute Gasteiger partial charge is 0.392 e. The van der Waals surface area contributed by atoms with Gasteiger partial charge in [-0.15, -0.1) is 10.2 Å². The fourth-order valence-corrected chi connectivity index (χ4v) is 8.28. The van der Waals surface area contributed by atoms with Crippen LogP contribution in [0.3, 0.4) is 0 Å². The van der Waals surface area contributed by atoms with Gasteiger partial charge < -0.3 is 10.2 Å².